The molecule has 1 amide bonds. The van der Waals surface area contributed by atoms with Gasteiger partial charge in [0.05, 0.1) is 0 Å². The number of nitrogens with one attached hydrogen (secondary N) is 1. The van der Waals surface area contributed by atoms with E-state index in [1.807, 2.05) is 20.8 Å². The zero-order valence-electron chi connectivity index (χ0n) is 13.6. The standard InChI is InChI=1S/C15H31N3O3/c1-15(2,3)21-14(20)12(8-5-4-6-10-16)18-13(19)9-7-11-17/h12H,4-11,16-17H2,1-3H3,(H,18,19)/t12-/m0/s1. The Morgan fingerprint density at radius 1 is 1.05 bits per heavy atom. The van der Waals surface area contributed by atoms with Gasteiger partial charge in [0.2, 0.25) is 5.91 Å². The summed E-state index contributed by atoms with van der Waals surface area (Å²) >= 11 is 0. The number of nitrogens with two attached hydrogens (primary N) is 2. The van der Waals surface area contributed by atoms with Gasteiger partial charge in [-0.15, -0.1) is 0 Å². The van der Waals surface area contributed by atoms with Gasteiger partial charge in [0.25, 0.3) is 0 Å². The predicted octanol–water partition coefficient (Wildman–Crippen LogP) is 1.07. The first kappa shape index (κ1) is 19.9. The Morgan fingerprint density at radius 2 is 1.67 bits per heavy atom. The molecule has 0 rings (SSSR count). The third-order valence-corrected chi connectivity index (χ3v) is 2.83. The molecule has 0 saturated heterocycles. The van der Waals surface area contributed by atoms with E-state index in [9.17, 15) is 9.59 Å². The molecule has 0 heterocycles. The molecule has 0 unspecified atom stereocenters. The smallest absolute Gasteiger partial charge is 0.329 e. The SMILES string of the molecule is CC(C)(C)OC(=O)[C@H](CCCCCN)NC(=O)CCCN. The lowest BCUT2D eigenvalue weighted by atomic mass is 10.1. The molecule has 0 aromatic rings. The van der Waals surface area contributed by atoms with Crippen molar-refractivity contribution in [2.75, 3.05) is 13.1 Å². The summed E-state index contributed by atoms with van der Waals surface area (Å²) in [6.07, 6.45) is 4.21. The van der Waals surface area contributed by atoms with Crippen LogP contribution in [0.3, 0.4) is 0 Å². The predicted molar refractivity (Wildman–Crippen MR) is 83.6 cm³/mol. The number of rotatable bonds is 10. The highest BCUT2D eigenvalue weighted by Crippen LogP contribution is 2.12. The summed E-state index contributed by atoms with van der Waals surface area (Å²) in [6, 6.07) is -0.590. The summed E-state index contributed by atoms with van der Waals surface area (Å²) in [5.74, 6) is -0.536. The first-order valence-corrected chi connectivity index (χ1v) is 7.72. The normalized spacial score (nSPS) is 12.8. The zero-order valence-corrected chi connectivity index (χ0v) is 13.6. The minimum atomic E-state index is -0.590. The van der Waals surface area contributed by atoms with Gasteiger partial charge in [0.1, 0.15) is 11.6 Å². The molecular weight excluding hydrogens is 270 g/mol. The molecule has 124 valence electrons. The van der Waals surface area contributed by atoms with Gasteiger partial charge in [-0.05, 0) is 53.1 Å². The van der Waals surface area contributed by atoms with Crippen molar-refractivity contribution in [1.82, 2.24) is 5.32 Å². The topological polar surface area (TPSA) is 107 Å². The van der Waals surface area contributed by atoms with E-state index in [1.165, 1.54) is 0 Å². The van der Waals surface area contributed by atoms with E-state index in [0.717, 1.165) is 19.3 Å². The van der Waals surface area contributed by atoms with Gasteiger partial charge >= 0.3 is 5.97 Å². The van der Waals surface area contributed by atoms with Crippen LogP contribution in [0.1, 0.15) is 59.3 Å². The lowest BCUT2D eigenvalue weighted by Gasteiger charge is -2.24. The van der Waals surface area contributed by atoms with Crippen LogP contribution in [0.2, 0.25) is 0 Å². The molecule has 0 spiro atoms. The summed E-state index contributed by atoms with van der Waals surface area (Å²) in [7, 11) is 0. The molecule has 6 heteroatoms. The van der Waals surface area contributed by atoms with Gasteiger partial charge in [-0.1, -0.05) is 12.8 Å². The lowest BCUT2D eigenvalue weighted by molar-refractivity contribution is -0.158. The number of amides is 1. The quantitative estimate of drug-likeness (QED) is 0.413. The second kappa shape index (κ2) is 10.6. The first-order valence-electron chi connectivity index (χ1n) is 7.72. The van der Waals surface area contributed by atoms with Crippen molar-refractivity contribution in [2.45, 2.75) is 70.9 Å². The largest absolute Gasteiger partial charge is 0.458 e. The van der Waals surface area contributed by atoms with Gasteiger partial charge in [0.15, 0.2) is 0 Å². The molecule has 0 fully saturated rings. The Labute approximate surface area is 128 Å². The lowest BCUT2D eigenvalue weighted by Crippen LogP contribution is -2.44. The molecule has 0 aliphatic heterocycles. The van der Waals surface area contributed by atoms with Gasteiger partial charge < -0.3 is 21.5 Å². The molecule has 0 aliphatic carbocycles. The molecule has 0 radical (unpaired) electrons. The molecular formula is C15H31N3O3. The van der Waals surface area contributed by atoms with E-state index in [0.29, 0.717) is 32.4 Å². The zero-order chi connectivity index (χ0) is 16.3. The Morgan fingerprint density at radius 3 is 2.19 bits per heavy atom. The summed E-state index contributed by atoms with van der Waals surface area (Å²) in [5.41, 5.74) is 10.3. The van der Waals surface area contributed by atoms with Crippen LogP contribution < -0.4 is 16.8 Å². The number of unbranched alkanes of at least 4 members (excludes halogenated alkanes) is 2. The summed E-state index contributed by atoms with van der Waals surface area (Å²) < 4.78 is 5.36. The van der Waals surface area contributed by atoms with Crippen LogP contribution in [0.4, 0.5) is 0 Å². The molecule has 1 atom stereocenters. The van der Waals surface area contributed by atoms with E-state index >= 15 is 0 Å². The fourth-order valence-electron chi connectivity index (χ4n) is 1.82. The average molecular weight is 301 g/mol. The number of carbonyl (C=O) groups is 2. The first-order chi connectivity index (χ1) is 9.80. The monoisotopic (exact) mass is 301 g/mol. The average Bonchev–Trinajstić information content (AvgIpc) is 2.37. The Bertz CT molecular complexity index is 314. The van der Waals surface area contributed by atoms with E-state index in [2.05, 4.69) is 5.32 Å². The van der Waals surface area contributed by atoms with Crippen LogP contribution >= 0.6 is 0 Å². The van der Waals surface area contributed by atoms with Crippen molar-refractivity contribution in [3.63, 3.8) is 0 Å². The molecule has 0 bridgehead atoms. The van der Waals surface area contributed by atoms with Crippen molar-refractivity contribution in [1.29, 1.82) is 0 Å². The number of esters is 1. The number of ether oxygens (including phenoxy) is 1. The van der Waals surface area contributed by atoms with E-state index in [-0.39, 0.29) is 11.9 Å². The van der Waals surface area contributed by atoms with E-state index in [4.69, 9.17) is 16.2 Å². The van der Waals surface area contributed by atoms with Gasteiger partial charge in [-0.2, -0.15) is 0 Å². The third-order valence-electron chi connectivity index (χ3n) is 2.83. The molecule has 0 aliphatic rings. The maximum atomic E-state index is 12.1. The fourth-order valence-corrected chi connectivity index (χ4v) is 1.82. The maximum Gasteiger partial charge on any atom is 0.329 e. The molecule has 0 aromatic carbocycles. The molecule has 0 saturated carbocycles. The van der Waals surface area contributed by atoms with Crippen LogP contribution in [0.5, 0.6) is 0 Å². The summed E-state index contributed by atoms with van der Waals surface area (Å²) in [6.45, 7) is 6.53. The van der Waals surface area contributed by atoms with Crippen LogP contribution in [-0.2, 0) is 14.3 Å². The fraction of sp³-hybridized carbons (Fsp3) is 0.867. The van der Waals surface area contributed by atoms with Gasteiger partial charge in [-0.25, -0.2) is 4.79 Å². The van der Waals surface area contributed by atoms with Crippen LogP contribution in [0.25, 0.3) is 0 Å². The van der Waals surface area contributed by atoms with Crippen LogP contribution in [0, 0.1) is 0 Å². The minimum absolute atomic E-state index is 0.157. The van der Waals surface area contributed by atoms with Crippen molar-refractivity contribution in [3.8, 4) is 0 Å². The third kappa shape index (κ3) is 11.2. The number of hydrogen-bond donors (Lipinski definition) is 3. The highest BCUT2D eigenvalue weighted by Gasteiger charge is 2.26. The van der Waals surface area contributed by atoms with Gasteiger partial charge in [0, 0.05) is 6.42 Å². The van der Waals surface area contributed by atoms with Crippen molar-refractivity contribution < 1.29 is 14.3 Å². The van der Waals surface area contributed by atoms with Crippen molar-refractivity contribution >= 4 is 11.9 Å². The Kier molecular flexibility index (Phi) is 9.99. The minimum Gasteiger partial charge on any atom is -0.458 e. The molecule has 21 heavy (non-hydrogen) atoms. The van der Waals surface area contributed by atoms with E-state index in [1.54, 1.807) is 0 Å². The highest BCUT2D eigenvalue weighted by atomic mass is 16.6. The van der Waals surface area contributed by atoms with E-state index < -0.39 is 11.6 Å². The summed E-state index contributed by atoms with van der Waals surface area (Å²) in [5, 5.41) is 2.75. The van der Waals surface area contributed by atoms with Gasteiger partial charge in [-0.3, -0.25) is 4.79 Å². The second-order valence-electron chi connectivity index (χ2n) is 6.18. The molecule has 0 aromatic heterocycles. The number of hydrogen-bond acceptors (Lipinski definition) is 5. The Hall–Kier alpha value is -1.14. The number of carbonyl (C=O) groups excluding carboxylic acids is 2. The Balaban J connectivity index is 4.45. The second-order valence-corrected chi connectivity index (χ2v) is 6.18. The molecule has 5 N–H and O–H groups in total. The molecule has 6 nitrogen and oxygen atoms in total. The highest BCUT2D eigenvalue weighted by molar-refractivity contribution is 5.84. The van der Waals surface area contributed by atoms with Crippen LogP contribution in [0.15, 0.2) is 0 Å². The van der Waals surface area contributed by atoms with Crippen LogP contribution in [-0.4, -0.2) is 36.6 Å². The van der Waals surface area contributed by atoms with Crippen molar-refractivity contribution in [3.05, 3.63) is 0 Å². The summed E-state index contributed by atoms with van der Waals surface area (Å²) in [4.78, 5) is 23.9. The van der Waals surface area contributed by atoms with Crippen molar-refractivity contribution in [2.24, 2.45) is 11.5 Å². The maximum absolute atomic E-state index is 12.1.